The molecule has 1 N–H and O–H groups in total. The zero-order valence-electron chi connectivity index (χ0n) is 15.1. The molecule has 0 fully saturated rings. The van der Waals surface area contributed by atoms with Gasteiger partial charge in [-0.1, -0.05) is 18.2 Å². The minimum Gasteiger partial charge on any atom is -0.462 e. The van der Waals surface area contributed by atoms with Gasteiger partial charge in [-0.15, -0.1) is 22.7 Å². The number of nitro groups is 1. The molecule has 0 unspecified atom stereocenters. The van der Waals surface area contributed by atoms with Crippen molar-refractivity contribution in [1.29, 1.82) is 0 Å². The van der Waals surface area contributed by atoms with E-state index in [1.807, 2.05) is 24.3 Å². The number of amides is 1. The molecule has 0 aliphatic carbocycles. The minimum atomic E-state index is -0.493. The number of carbonyl (C=O) groups is 2. The van der Waals surface area contributed by atoms with Crippen LogP contribution in [0.1, 0.15) is 27.0 Å². The van der Waals surface area contributed by atoms with Gasteiger partial charge in [-0.3, -0.25) is 14.9 Å². The summed E-state index contributed by atoms with van der Waals surface area (Å²) in [6.07, 6.45) is 0. The van der Waals surface area contributed by atoms with Gasteiger partial charge in [-0.2, -0.15) is 0 Å². The molecule has 29 heavy (non-hydrogen) atoms. The summed E-state index contributed by atoms with van der Waals surface area (Å²) < 4.78 is 6.79. The number of hydrogen-bond acceptors (Lipinski definition) is 7. The molecule has 0 aliphatic rings. The van der Waals surface area contributed by atoms with Gasteiger partial charge >= 0.3 is 5.97 Å². The number of rotatable bonds is 5. The normalized spacial score (nSPS) is 10.9. The first-order chi connectivity index (χ1) is 14.0. The molecular weight excluding hydrogens is 412 g/mol. The second kappa shape index (κ2) is 7.61. The Morgan fingerprint density at radius 3 is 2.66 bits per heavy atom. The largest absolute Gasteiger partial charge is 0.462 e. The van der Waals surface area contributed by atoms with Crippen LogP contribution in [-0.2, 0) is 4.74 Å². The van der Waals surface area contributed by atoms with Crippen molar-refractivity contribution < 1.29 is 19.2 Å². The van der Waals surface area contributed by atoms with Crippen molar-refractivity contribution in [2.45, 2.75) is 6.92 Å². The number of non-ortho nitro benzene ring substituents is 1. The average molecular weight is 426 g/mol. The van der Waals surface area contributed by atoms with Crippen molar-refractivity contribution in [3.63, 3.8) is 0 Å². The highest BCUT2D eigenvalue weighted by molar-refractivity contribution is 7.24. The third kappa shape index (κ3) is 3.57. The molecule has 0 bridgehead atoms. The van der Waals surface area contributed by atoms with Gasteiger partial charge in [0.25, 0.3) is 11.6 Å². The molecule has 4 rings (SSSR count). The summed E-state index contributed by atoms with van der Waals surface area (Å²) in [6.45, 7) is 1.95. The van der Waals surface area contributed by atoms with Crippen LogP contribution < -0.4 is 5.32 Å². The Bertz CT molecular complexity index is 1270. The van der Waals surface area contributed by atoms with Crippen molar-refractivity contribution in [3.05, 3.63) is 69.1 Å². The lowest BCUT2D eigenvalue weighted by molar-refractivity contribution is -0.384. The highest BCUT2D eigenvalue weighted by atomic mass is 32.1. The molecule has 0 atom stereocenters. The van der Waals surface area contributed by atoms with Crippen molar-refractivity contribution in [3.8, 4) is 0 Å². The quantitative estimate of drug-likeness (QED) is 0.260. The molecule has 7 nitrogen and oxygen atoms in total. The van der Waals surface area contributed by atoms with Crippen LogP contribution in [0, 0.1) is 10.1 Å². The number of nitrogens with one attached hydrogen (secondary N) is 1. The number of carbonyl (C=O) groups excluding carboxylic acids is 2. The number of thiophene rings is 2. The van der Waals surface area contributed by atoms with E-state index < -0.39 is 10.9 Å². The van der Waals surface area contributed by atoms with E-state index in [4.69, 9.17) is 4.74 Å². The van der Waals surface area contributed by atoms with Gasteiger partial charge < -0.3 is 10.1 Å². The summed E-state index contributed by atoms with van der Waals surface area (Å²) in [4.78, 5) is 36.2. The predicted molar refractivity (Wildman–Crippen MR) is 114 cm³/mol. The molecule has 0 radical (unpaired) electrons. The number of esters is 1. The summed E-state index contributed by atoms with van der Waals surface area (Å²) in [5.74, 6) is -0.877. The summed E-state index contributed by atoms with van der Waals surface area (Å²) in [6, 6.07) is 13.4. The molecule has 4 aromatic rings. The molecule has 2 aromatic carbocycles. The van der Waals surface area contributed by atoms with Crippen LogP contribution in [0.5, 0.6) is 0 Å². The maximum absolute atomic E-state index is 12.8. The molecule has 0 spiro atoms. The zero-order valence-corrected chi connectivity index (χ0v) is 16.8. The molecule has 9 heteroatoms. The fourth-order valence-electron chi connectivity index (χ4n) is 2.96. The van der Waals surface area contributed by atoms with Crippen LogP contribution in [0.3, 0.4) is 0 Å². The Hall–Kier alpha value is -3.30. The third-order valence-electron chi connectivity index (χ3n) is 4.24. The number of nitrogens with zero attached hydrogens (tertiary/aromatic N) is 1. The standard InChI is InChI=1S/C20H14N2O5S2/c1-2-27-20(24)17-13-5-3-4-6-15(13)29-19(17)21-18(23)16-10-11-9-12(22(25)26)7-8-14(11)28-16/h3-10H,2H2,1H3,(H,21,23). The summed E-state index contributed by atoms with van der Waals surface area (Å²) in [7, 11) is 0. The molecule has 0 saturated heterocycles. The topological polar surface area (TPSA) is 98.5 Å². The summed E-state index contributed by atoms with van der Waals surface area (Å²) in [5.41, 5.74) is 0.300. The maximum Gasteiger partial charge on any atom is 0.341 e. The minimum absolute atomic E-state index is 0.0311. The van der Waals surface area contributed by atoms with Crippen LogP contribution in [0.15, 0.2) is 48.5 Å². The molecule has 0 saturated carbocycles. The van der Waals surface area contributed by atoms with Gasteiger partial charge in [0.05, 0.1) is 16.4 Å². The third-order valence-corrected chi connectivity index (χ3v) is 6.44. The number of hydrogen-bond donors (Lipinski definition) is 1. The Morgan fingerprint density at radius 2 is 1.90 bits per heavy atom. The molecule has 146 valence electrons. The molecule has 1 amide bonds. The van der Waals surface area contributed by atoms with Crippen LogP contribution >= 0.6 is 22.7 Å². The van der Waals surface area contributed by atoms with Gasteiger partial charge in [0.2, 0.25) is 0 Å². The van der Waals surface area contributed by atoms with Gasteiger partial charge in [-0.25, -0.2) is 4.79 Å². The number of ether oxygens (including phenoxy) is 1. The Labute approximate surface area is 172 Å². The van der Waals surface area contributed by atoms with Crippen molar-refractivity contribution >= 4 is 65.4 Å². The molecular formula is C20H14N2O5S2. The second-order valence-electron chi connectivity index (χ2n) is 6.07. The Balaban J connectivity index is 1.70. The predicted octanol–water partition coefficient (Wildman–Crippen LogP) is 5.45. The molecule has 2 aromatic heterocycles. The van der Waals surface area contributed by atoms with Gasteiger partial charge in [0.15, 0.2) is 0 Å². The van der Waals surface area contributed by atoms with E-state index in [1.165, 1.54) is 34.8 Å². The van der Waals surface area contributed by atoms with E-state index in [0.717, 1.165) is 14.8 Å². The molecule has 2 heterocycles. The van der Waals surface area contributed by atoms with E-state index in [9.17, 15) is 19.7 Å². The first kappa shape index (κ1) is 19.0. The lowest BCUT2D eigenvalue weighted by Crippen LogP contribution is -2.13. The monoisotopic (exact) mass is 426 g/mol. The van der Waals surface area contributed by atoms with Crippen LogP contribution in [0.4, 0.5) is 10.7 Å². The van der Waals surface area contributed by atoms with Gasteiger partial charge in [0, 0.05) is 32.3 Å². The number of nitro benzene ring substituents is 1. The van der Waals surface area contributed by atoms with E-state index in [2.05, 4.69) is 5.32 Å². The fraction of sp³-hybridized carbons (Fsp3) is 0.100. The summed E-state index contributed by atoms with van der Waals surface area (Å²) in [5, 5.41) is 15.5. The smallest absolute Gasteiger partial charge is 0.341 e. The Morgan fingerprint density at radius 1 is 1.10 bits per heavy atom. The van der Waals surface area contributed by atoms with Crippen LogP contribution in [-0.4, -0.2) is 23.4 Å². The van der Waals surface area contributed by atoms with E-state index >= 15 is 0 Å². The Kier molecular flexibility index (Phi) is 4.99. The van der Waals surface area contributed by atoms with Gasteiger partial charge in [-0.05, 0) is 25.1 Å². The van der Waals surface area contributed by atoms with E-state index in [1.54, 1.807) is 19.1 Å². The highest BCUT2D eigenvalue weighted by Crippen LogP contribution is 2.37. The zero-order chi connectivity index (χ0) is 20.5. The summed E-state index contributed by atoms with van der Waals surface area (Å²) >= 11 is 2.53. The number of fused-ring (bicyclic) bond motifs is 2. The van der Waals surface area contributed by atoms with Crippen molar-refractivity contribution in [1.82, 2.24) is 0 Å². The lowest BCUT2D eigenvalue weighted by Gasteiger charge is -2.05. The van der Waals surface area contributed by atoms with Gasteiger partial charge in [0.1, 0.15) is 10.6 Å². The second-order valence-corrected chi connectivity index (χ2v) is 8.20. The maximum atomic E-state index is 12.8. The van der Waals surface area contributed by atoms with Crippen molar-refractivity contribution in [2.24, 2.45) is 0 Å². The lowest BCUT2D eigenvalue weighted by atomic mass is 10.1. The highest BCUT2D eigenvalue weighted by Gasteiger charge is 2.22. The van der Waals surface area contributed by atoms with E-state index in [-0.39, 0.29) is 18.2 Å². The first-order valence-corrected chi connectivity index (χ1v) is 10.3. The fourth-order valence-corrected chi connectivity index (χ4v) is 4.98. The van der Waals surface area contributed by atoms with E-state index in [0.29, 0.717) is 20.8 Å². The van der Waals surface area contributed by atoms with Crippen LogP contribution in [0.25, 0.3) is 20.2 Å². The average Bonchev–Trinajstić information content (AvgIpc) is 3.28. The first-order valence-electron chi connectivity index (χ1n) is 8.66. The van der Waals surface area contributed by atoms with Crippen molar-refractivity contribution in [2.75, 3.05) is 11.9 Å². The molecule has 0 aliphatic heterocycles. The SMILES string of the molecule is CCOC(=O)c1c(NC(=O)c2cc3cc([N+](=O)[O-])ccc3s2)sc2ccccc12. The number of benzene rings is 2. The number of anilines is 1. The van der Waals surface area contributed by atoms with Crippen LogP contribution in [0.2, 0.25) is 0 Å².